The predicted octanol–water partition coefficient (Wildman–Crippen LogP) is 1.78. The molecule has 0 aromatic heterocycles. The summed E-state index contributed by atoms with van der Waals surface area (Å²) in [5.74, 6) is -1.71. The van der Waals surface area contributed by atoms with E-state index in [-0.39, 0.29) is 6.42 Å². The number of primary amides is 1. The van der Waals surface area contributed by atoms with Crippen LogP contribution in [0.3, 0.4) is 0 Å². The smallest absolute Gasteiger partial charge is 0.221 e. The molecule has 4 heteroatoms. The highest BCUT2D eigenvalue weighted by molar-refractivity contribution is 5.89. The molecule has 0 saturated heterocycles. The molecule has 2 rings (SSSR count). The first kappa shape index (κ1) is 9.83. The minimum atomic E-state index is -0.636. The number of hydrogen-bond acceptors (Lipinski definition) is 1. The molecule has 0 bridgehead atoms. The van der Waals surface area contributed by atoms with Gasteiger partial charge in [-0.3, -0.25) is 4.79 Å². The molecule has 0 radical (unpaired) electrons. The van der Waals surface area contributed by atoms with Crippen LogP contribution < -0.4 is 5.73 Å². The highest BCUT2D eigenvalue weighted by atomic mass is 19.1. The Morgan fingerprint density at radius 2 is 2.13 bits per heavy atom. The Balaban J connectivity index is 2.43. The van der Waals surface area contributed by atoms with Crippen molar-refractivity contribution in [2.45, 2.75) is 12.8 Å². The molecule has 0 unspecified atom stereocenters. The van der Waals surface area contributed by atoms with Crippen LogP contribution in [0.4, 0.5) is 8.78 Å². The molecule has 2 nitrogen and oxygen atoms in total. The molecule has 1 aromatic rings. The van der Waals surface area contributed by atoms with Gasteiger partial charge in [0, 0.05) is 6.07 Å². The number of carbonyl (C=O) groups excluding carboxylic acids is 1. The van der Waals surface area contributed by atoms with Crippen LogP contribution in [-0.2, 0) is 11.2 Å². The van der Waals surface area contributed by atoms with E-state index in [1.807, 2.05) is 0 Å². The van der Waals surface area contributed by atoms with Crippen LogP contribution in [0.1, 0.15) is 17.5 Å². The standard InChI is InChI=1S/C11H9F2NO/c12-7-4-9-6(3-11(14)15)1-2-8(9)10(13)5-7/h1,4-5H,2-3H2,(H2,14,15). The molecule has 1 amide bonds. The zero-order valence-electron chi connectivity index (χ0n) is 7.89. The number of benzene rings is 1. The lowest BCUT2D eigenvalue weighted by Gasteiger charge is -2.05. The topological polar surface area (TPSA) is 43.1 Å². The number of hydrogen-bond donors (Lipinski definition) is 1. The van der Waals surface area contributed by atoms with Gasteiger partial charge in [-0.1, -0.05) is 6.08 Å². The van der Waals surface area contributed by atoms with E-state index in [4.69, 9.17) is 5.73 Å². The van der Waals surface area contributed by atoms with Crippen LogP contribution in [0.5, 0.6) is 0 Å². The molecule has 0 fully saturated rings. The molecule has 0 saturated carbocycles. The molecule has 0 spiro atoms. The van der Waals surface area contributed by atoms with Gasteiger partial charge in [0.15, 0.2) is 0 Å². The van der Waals surface area contributed by atoms with Crippen molar-refractivity contribution in [2.24, 2.45) is 5.73 Å². The second-order valence-corrected chi connectivity index (χ2v) is 3.49. The first-order valence-electron chi connectivity index (χ1n) is 4.53. The number of carbonyl (C=O) groups is 1. The maximum Gasteiger partial charge on any atom is 0.221 e. The Kier molecular flexibility index (Phi) is 2.26. The third-order valence-electron chi connectivity index (χ3n) is 2.42. The van der Waals surface area contributed by atoms with Crippen LogP contribution in [0, 0.1) is 11.6 Å². The third kappa shape index (κ3) is 1.75. The number of amides is 1. The van der Waals surface area contributed by atoms with Crippen molar-refractivity contribution in [3.05, 3.63) is 41.0 Å². The van der Waals surface area contributed by atoms with Gasteiger partial charge < -0.3 is 5.73 Å². The van der Waals surface area contributed by atoms with Gasteiger partial charge in [-0.15, -0.1) is 0 Å². The summed E-state index contributed by atoms with van der Waals surface area (Å²) >= 11 is 0. The molecule has 0 heterocycles. The van der Waals surface area contributed by atoms with E-state index < -0.39 is 17.5 Å². The second kappa shape index (κ2) is 3.46. The minimum absolute atomic E-state index is 0.0237. The van der Waals surface area contributed by atoms with Gasteiger partial charge in [0.2, 0.25) is 5.91 Å². The molecular formula is C11H9F2NO. The molecular weight excluding hydrogens is 200 g/mol. The van der Waals surface area contributed by atoms with Crippen LogP contribution in [0.15, 0.2) is 18.2 Å². The Morgan fingerprint density at radius 1 is 1.40 bits per heavy atom. The number of rotatable bonds is 2. The van der Waals surface area contributed by atoms with E-state index in [1.54, 1.807) is 6.08 Å². The fourth-order valence-corrected chi connectivity index (χ4v) is 1.79. The summed E-state index contributed by atoms with van der Waals surface area (Å²) in [5, 5.41) is 0. The maximum atomic E-state index is 13.3. The lowest BCUT2D eigenvalue weighted by Crippen LogP contribution is -2.10. The summed E-state index contributed by atoms with van der Waals surface area (Å²) in [5.41, 5.74) is 6.55. The number of nitrogens with two attached hydrogens (primary N) is 1. The van der Waals surface area contributed by atoms with Gasteiger partial charge in [-0.2, -0.15) is 0 Å². The highest BCUT2D eigenvalue weighted by Gasteiger charge is 2.19. The monoisotopic (exact) mass is 209 g/mol. The van der Waals surface area contributed by atoms with Crippen LogP contribution in [0.25, 0.3) is 5.57 Å². The summed E-state index contributed by atoms with van der Waals surface area (Å²) in [7, 11) is 0. The molecule has 0 atom stereocenters. The molecule has 78 valence electrons. The Hall–Kier alpha value is -1.71. The molecule has 2 N–H and O–H groups in total. The molecule has 1 aromatic carbocycles. The van der Waals surface area contributed by atoms with Crippen LogP contribution in [0.2, 0.25) is 0 Å². The van der Waals surface area contributed by atoms with Gasteiger partial charge in [0.05, 0.1) is 6.42 Å². The van der Waals surface area contributed by atoms with Crippen LogP contribution >= 0.6 is 0 Å². The number of fused-ring (bicyclic) bond motifs is 1. The summed E-state index contributed by atoms with van der Waals surface area (Å²) in [4.78, 5) is 10.7. The van der Waals surface area contributed by atoms with E-state index >= 15 is 0 Å². The quantitative estimate of drug-likeness (QED) is 0.792. The lowest BCUT2D eigenvalue weighted by molar-refractivity contribution is -0.117. The summed E-state index contributed by atoms with van der Waals surface area (Å²) < 4.78 is 26.2. The van der Waals surface area contributed by atoms with Gasteiger partial charge in [-0.25, -0.2) is 8.78 Å². The zero-order chi connectivity index (χ0) is 11.0. The normalized spacial score (nSPS) is 13.6. The molecule has 1 aliphatic carbocycles. The Bertz CT molecular complexity index is 466. The van der Waals surface area contributed by atoms with E-state index in [9.17, 15) is 13.6 Å². The SMILES string of the molecule is NC(=O)CC1=CCc2c(F)cc(F)cc21. The van der Waals surface area contributed by atoms with Crippen molar-refractivity contribution < 1.29 is 13.6 Å². The van der Waals surface area contributed by atoms with E-state index in [0.29, 0.717) is 23.1 Å². The maximum absolute atomic E-state index is 13.3. The first-order valence-corrected chi connectivity index (χ1v) is 4.53. The van der Waals surface area contributed by atoms with Crippen molar-refractivity contribution in [1.82, 2.24) is 0 Å². The van der Waals surface area contributed by atoms with Gasteiger partial charge >= 0.3 is 0 Å². The molecule has 1 aliphatic rings. The largest absolute Gasteiger partial charge is 0.369 e. The van der Waals surface area contributed by atoms with Gasteiger partial charge in [0.25, 0.3) is 0 Å². The van der Waals surface area contributed by atoms with Gasteiger partial charge in [0.1, 0.15) is 11.6 Å². The molecule has 0 aliphatic heterocycles. The zero-order valence-corrected chi connectivity index (χ0v) is 7.89. The van der Waals surface area contributed by atoms with Crippen LogP contribution in [-0.4, -0.2) is 5.91 Å². The van der Waals surface area contributed by atoms with E-state index in [0.717, 1.165) is 6.07 Å². The van der Waals surface area contributed by atoms with Crippen molar-refractivity contribution in [1.29, 1.82) is 0 Å². The average molecular weight is 209 g/mol. The Labute approximate surface area is 85.4 Å². The highest BCUT2D eigenvalue weighted by Crippen LogP contribution is 2.31. The second-order valence-electron chi connectivity index (χ2n) is 3.49. The first-order chi connectivity index (χ1) is 7.08. The summed E-state index contributed by atoms with van der Waals surface area (Å²) in [6, 6.07) is 2.08. The van der Waals surface area contributed by atoms with E-state index in [2.05, 4.69) is 0 Å². The van der Waals surface area contributed by atoms with Crippen molar-refractivity contribution in [2.75, 3.05) is 0 Å². The Morgan fingerprint density at radius 3 is 2.80 bits per heavy atom. The van der Waals surface area contributed by atoms with Crippen molar-refractivity contribution in [3.8, 4) is 0 Å². The fourth-order valence-electron chi connectivity index (χ4n) is 1.79. The van der Waals surface area contributed by atoms with Crippen molar-refractivity contribution in [3.63, 3.8) is 0 Å². The molecule has 15 heavy (non-hydrogen) atoms. The summed E-state index contributed by atoms with van der Waals surface area (Å²) in [6.45, 7) is 0. The number of allylic oxidation sites excluding steroid dienone is 1. The van der Waals surface area contributed by atoms with Crippen molar-refractivity contribution >= 4 is 11.5 Å². The summed E-state index contributed by atoms with van der Waals surface area (Å²) in [6.07, 6.45) is 2.12. The minimum Gasteiger partial charge on any atom is -0.369 e. The third-order valence-corrected chi connectivity index (χ3v) is 2.42. The van der Waals surface area contributed by atoms with E-state index in [1.165, 1.54) is 6.07 Å². The fraction of sp³-hybridized carbons (Fsp3) is 0.182. The average Bonchev–Trinajstić information content (AvgIpc) is 2.48. The number of halogens is 2. The predicted molar refractivity (Wildman–Crippen MR) is 51.9 cm³/mol. The lowest BCUT2D eigenvalue weighted by atomic mass is 10.0. The van der Waals surface area contributed by atoms with Gasteiger partial charge in [-0.05, 0) is 29.2 Å².